The molecule has 9 nitrogen and oxygen atoms in total. The molecule has 2 saturated heterocycles. The van der Waals surface area contributed by atoms with Gasteiger partial charge in [-0.1, -0.05) is 55.5 Å². The monoisotopic (exact) mass is 550 g/mol. The molecule has 0 aliphatic carbocycles. The number of methoxy groups -OCH3 is 1. The van der Waals surface area contributed by atoms with Gasteiger partial charge in [0.25, 0.3) is 0 Å². The van der Waals surface area contributed by atoms with Crippen molar-refractivity contribution in [2.75, 3.05) is 33.3 Å². The Bertz CT molecular complexity index is 1130. The highest BCUT2D eigenvalue weighted by atomic mass is 16.5. The number of ether oxygens (including phenoxy) is 2. The Hall–Kier alpha value is -3.59. The van der Waals surface area contributed by atoms with Crippen molar-refractivity contribution < 1.29 is 23.9 Å². The Kier molecular flexibility index (Phi) is 10.4. The molecular weight excluding hydrogens is 508 g/mol. The number of hydrogen-bond acceptors (Lipinski definition) is 6. The molecule has 2 fully saturated rings. The van der Waals surface area contributed by atoms with Gasteiger partial charge in [-0.3, -0.25) is 14.5 Å². The van der Waals surface area contributed by atoms with Crippen molar-refractivity contribution >= 4 is 17.9 Å². The first-order valence-corrected chi connectivity index (χ1v) is 14.4. The van der Waals surface area contributed by atoms with E-state index in [2.05, 4.69) is 21.6 Å². The van der Waals surface area contributed by atoms with Gasteiger partial charge in [0.2, 0.25) is 11.8 Å². The van der Waals surface area contributed by atoms with E-state index in [9.17, 15) is 14.4 Å². The second kappa shape index (κ2) is 14.2. The summed E-state index contributed by atoms with van der Waals surface area (Å²) in [5.41, 5.74) is 1.26. The molecule has 1 spiro atoms. The third-order valence-corrected chi connectivity index (χ3v) is 7.93. The van der Waals surface area contributed by atoms with E-state index >= 15 is 0 Å². The average Bonchev–Trinajstić information content (AvgIpc) is 2.98. The van der Waals surface area contributed by atoms with Gasteiger partial charge in [-0.15, -0.1) is 0 Å². The summed E-state index contributed by atoms with van der Waals surface area (Å²) in [6, 6.07) is 17.0. The van der Waals surface area contributed by atoms with Crippen LogP contribution in [0.4, 0.5) is 4.79 Å². The van der Waals surface area contributed by atoms with Crippen LogP contribution in [0.5, 0.6) is 5.75 Å². The fourth-order valence-electron chi connectivity index (χ4n) is 5.71. The Labute approximate surface area is 237 Å². The van der Waals surface area contributed by atoms with Gasteiger partial charge in [0.1, 0.15) is 23.9 Å². The number of unbranched alkanes of at least 4 members (excludes halogenated alkanes) is 1. The summed E-state index contributed by atoms with van der Waals surface area (Å²) in [4.78, 5) is 43.2. The quantitative estimate of drug-likeness (QED) is 0.390. The van der Waals surface area contributed by atoms with Gasteiger partial charge in [-0.2, -0.15) is 0 Å². The van der Waals surface area contributed by atoms with Gasteiger partial charge < -0.3 is 25.0 Å². The molecule has 0 saturated carbocycles. The number of para-hydroxylation sites is 1. The highest BCUT2D eigenvalue weighted by molar-refractivity contribution is 6.00. The van der Waals surface area contributed by atoms with Crippen LogP contribution < -0.4 is 15.4 Å². The van der Waals surface area contributed by atoms with Gasteiger partial charge in [-0.25, -0.2) is 4.79 Å². The fourth-order valence-corrected chi connectivity index (χ4v) is 5.71. The lowest BCUT2D eigenvalue weighted by Gasteiger charge is -2.51. The van der Waals surface area contributed by atoms with E-state index < -0.39 is 17.7 Å². The molecule has 0 unspecified atom stereocenters. The minimum Gasteiger partial charge on any atom is -0.496 e. The number of piperazine rings is 1. The summed E-state index contributed by atoms with van der Waals surface area (Å²) >= 11 is 0. The summed E-state index contributed by atoms with van der Waals surface area (Å²) in [6.45, 7) is 5.51. The predicted molar refractivity (Wildman–Crippen MR) is 153 cm³/mol. The van der Waals surface area contributed by atoms with Crippen LogP contribution in [-0.4, -0.2) is 72.6 Å². The van der Waals surface area contributed by atoms with Gasteiger partial charge in [-0.05, 0) is 50.2 Å². The van der Waals surface area contributed by atoms with Crippen LogP contribution in [0.25, 0.3) is 0 Å². The number of nitrogens with zero attached hydrogens (tertiary/aromatic N) is 2. The van der Waals surface area contributed by atoms with E-state index in [1.54, 1.807) is 7.11 Å². The lowest BCUT2D eigenvalue weighted by atomic mass is 9.81. The van der Waals surface area contributed by atoms with E-state index in [1.165, 1.54) is 0 Å². The number of carbonyl (C=O) groups is 3. The van der Waals surface area contributed by atoms with Crippen molar-refractivity contribution in [1.29, 1.82) is 0 Å². The van der Waals surface area contributed by atoms with E-state index in [0.717, 1.165) is 42.9 Å². The van der Waals surface area contributed by atoms with Crippen LogP contribution in [0, 0.1) is 0 Å². The fraction of sp³-hybridized carbons (Fsp3) is 0.516. The summed E-state index contributed by atoms with van der Waals surface area (Å²) in [7, 11) is 1.68. The Morgan fingerprint density at radius 2 is 1.77 bits per heavy atom. The molecule has 40 heavy (non-hydrogen) atoms. The highest BCUT2D eigenvalue weighted by Crippen LogP contribution is 2.35. The Balaban J connectivity index is 1.24. The topological polar surface area (TPSA) is 100 Å². The zero-order valence-corrected chi connectivity index (χ0v) is 23.7. The Morgan fingerprint density at radius 3 is 2.50 bits per heavy atom. The molecule has 2 N–H and O–H groups in total. The lowest BCUT2D eigenvalue weighted by molar-refractivity contribution is -0.161. The van der Waals surface area contributed by atoms with E-state index in [4.69, 9.17) is 9.47 Å². The molecule has 216 valence electrons. The van der Waals surface area contributed by atoms with Crippen LogP contribution >= 0.6 is 0 Å². The first-order chi connectivity index (χ1) is 19.5. The van der Waals surface area contributed by atoms with Crippen molar-refractivity contribution in [3.63, 3.8) is 0 Å². The minimum absolute atomic E-state index is 0.00913. The molecule has 2 aromatic carbocycles. The number of carbonyl (C=O) groups excluding carboxylic acids is 3. The average molecular weight is 551 g/mol. The van der Waals surface area contributed by atoms with Gasteiger partial charge in [0.15, 0.2) is 0 Å². The molecule has 0 aromatic heterocycles. The Morgan fingerprint density at radius 1 is 1.05 bits per heavy atom. The van der Waals surface area contributed by atoms with E-state index in [1.807, 2.05) is 60.4 Å². The van der Waals surface area contributed by atoms with Gasteiger partial charge in [0.05, 0.1) is 7.11 Å². The first kappa shape index (κ1) is 29.4. The number of nitrogens with one attached hydrogen (secondary N) is 2. The van der Waals surface area contributed by atoms with Crippen LogP contribution in [-0.2, 0) is 27.5 Å². The third kappa shape index (κ3) is 7.13. The summed E-state index contributed by atoms with van der Waals surface area (Å²) in [5.74, 6) is 0.836. The third-order valence-electron chi connectivity index (χ3n) is 7.93. The van der Waals surface area contributed by atoms with E-state index in [0.29, 0.717) is 45.2 Å². The van der Waals surface area contributed by atoms with Gasteiger partial charge >= 0.3 is 6.09 Å². The summed E-state index contributed by atoms with van der Waals surface area (Å²) in [5, 5.41) is 5.81. The molecule has 4 rings (SSSR count). The second-order valence-corrected chi connectivity index (χ2v) is 10.6. The maximum atomic E-state index is 13.6. The summed E-state index contributed by atoms with van der Waals surface area (Å²) < 4.78 is 10.7. The maximum absolute atomic E-state index is 13.6. The second-order valence-electron chi connectivity index (χ2n) is 10.6. The number of rotatable bonds is 12. The SMILES string of the molecule is CCCN1C(=O)[C@H](CCCCNC(=O)OCc2ccccc2)NC(=O)C12CCN(Cc1ccccc1OC)CC2. The van der Waals surface area contributed by atoms with Crippen LogP contribution in [0.1, 0.15) is 56.6 Å². The highest BCUT2D eigenvalue weighted by Gasteiger charge is 2.53. The molecular formula is C31H42N4O5. The lowest BCUT2D eigenvalue weighted by Crippen LogP contribution is -2.72. The summed E-state index contributed by atoms with van der Waals surface area (Å²) in [6.07, 6.45) is 3.50. The molecule has 2 aliphatic heterocycles. The molecule has 3 amide bonds. The minimum atomic E-state index is -0.787. The maximum Gasteiger partial charge on any atom is 0.407 e. The van der Waals surface area contributed by atoms with Crippen molar-refractivity contribution in [2.24, 2.45) is 0 Å². The van der Waals surface area contributed by atoms with E-state index in [-0.39, 0.29) is 18.4 Å². The van der Waals surface area contributed by atoms with Gasteiger partial charge in [0, 0.05) is 38.3 Å². The van der Waals surface area contributed by atoms with Crippen LogP contribution in [0.2, 0.25) is 0 Å². The standard InChI is InChI=1S/C31H42N4O5/c1-3-19-35-28(36)26(14-9-10-18-32-30(38)40-23-24-11-5-4-6-12-24)33-29(37)31(35)16-20-34(21-17-31)22-25-13-7-8-15-27(25)39-2/h4-8,11-13,15,26H,3,9-10,14,16-23H2,1-2H3,(H,32,38)(H,33,37)/t26-/m0/s1. The predicted octanol–water partition coefficient (Wildman–Crippen LogP) is 3.86. The molecule has 9 heteroatoms. The number of likely N-dealkylation sites (tertiary alicyclic amines) is 1. The number of benzene rings is 2. The first-order valence-electron chi connectivity index (χ1n) is 14.4. The molecule has 2 aromatic rings. The molecule has 2 heterocycles. The van der Waals surface area contributed by atoms with Crippen molar-refractivity contribution in [1.82, 2.24) is 20.4 Å². The molecule has 0 radical (unpaired) electrons. The largest absolute Gasteiger partial charge is 0.496 e. The number of amides is 3. The number of hydrogen-bond donors (Lipinski definition) is 2. The zero-order chi connectivity index (χ0) is 28.4. The molecule has 1 atom stereocenters. The number of piperidine rings is 1. The normalized spacial score (nSPS) is 18.9. The smallest absolute Gasteiger partial charge is 0.407 e. The van der Waals surface area contributed by atoms with Crippen molar-refractivity contribution in [2.45, 2.75) is 70.2 Å². The number of alkyl carbamates (subject to hydrolysis) is 1. The van der Waals surface area contributed by atoms with Crippen LogP contribution in [0.15, 0.2) is 54.6 Å². The molecule has 0 bridgehead atoms. The van der Waals surface area contributed by atoms with Crippen LogP contribution in [0.3, 0.4) is 0 Å². The zero-order valence-electron chi connectivity index (χ0n) is 23.7. The van der Waals surface area contributed by atoms with Crippen molar-refractivity contribution in [3.05, 3.63) is 65.7 Å². The van der Waals surface area contributed by atoms with Crippen molar-refractivity contribution in [3.8, 4) is 5.75 Å². The molecule has 2 aliphatic rings.